The highest BCUT2D eigenvalue weighted by atomic mass is 16.6. The van der Waals surface area contributed by atoms with Gasteiger partial charge in [-0.1, -0.05) is 6.07 Å². The molecule has 0 atom stereocenters. The molecule has 0 aliphatic heterocycles. The van der Waals surface area contributed by atoms with Crippen LogP contribution in [0.5, 0.6) is 0 Å². The largest absolute Gasteiger partial charge is 0.464 e. The van der Waals surface area contributed by atoms with Crippen molar-refractivity contribution in [1.29, 1.82) is 0 Å². The van der Waals surface area contributed by atoms with Crippen LogP contribution in [0.1, 0.15) is 26.3 Å². The van der Waals surface area contributed by atoms with Crippen LogP contribution in [0.3, 0.4) is 0 Å². The van der Waals surface area contributed by atoms with Gasteiger partial charge in [-0.15, -0.1) is 0 Å². The minimum Gasteiger partial charge on any atom is -0.464 e. The summed E-state index contributed by atoms with van der Waals surface area (Å²) >= 11 is 0. The van der Waals surface area contributed by atoms with E-state index in [0.29, 0.717) is 22.2 Å². The molecule has 3 N–H and O–H groups in total. The van der Waals surface area contributed by atoms with Crippen molar-refractivity contribution in [2.45, 2.75) is 32.7 Å². The van der Waals surface area contributed by atoms with Crippen molar-refractivity contribution in [1.82, 2.24) is 10.3 Å². The van der Waals surface area contributed by atoms with Gasteiger partial charge in [-0.2, -0.15) is 0 Å². The van der Waals surface area contributed by atoms with Crippen molar-refractivity contribution in [2.24, 2.45) is 0 Å². The first-order valence-corrected chi connectivity index (χ1v) is 8.82. The number of ether oxygens (including phenoxy) is 2. The molecule has 0 aliphatic carbocycles. The molecule has 150 valence electrons. The van der Waals surface area contributed by atoms with E-state index in [4.69, 9.17) is 9.47 Å². The molecule has 0 aliphatic rings. The molecule has 0 radical (unpaired) electrons. The van der Waals surface area contributed by atoms with Gasteiger partial charge in [0.2, 0.25) is 17.9 Å². The number of fused-ring (bicyclic) bond motifs is 1. The van der Waals surface area contributed by atoms with Gasteiger partial charge in [0.05, 0.1) is 18.9 Å². The Morgan fingerprint density at radius 2 is 1.79 bits per heavy atom. The highest BCUT2D eigenvalue weighted by Crippen LogP contribution is 2.30. The molecule has 2 amide bonds. The summed E-state index contributed by atoms with van der Waals surface area (Å²) in [5, 5.41) is 5.63. The minimum atomic E-state index is -2.05. The minimum absolute atomic E-state index is 0.0194. The summed E-state index contributed by atoms with van der Waals surface area (Å²) in [6.45, 7) is 4.60. The third-order valence-corrected chi connectivity index (χ3v) is 4.11. The summed E-state index contributed by atoms with van der Waals surface area (Å²) in [6, 6.07) is 5.24. The maximum absolute atomic E-state index is 12.7. The monoisotopic (exact) mass is 389 g/mol. The molecule has 1 heterocycles. The molecule has 2 aromatic rings. The van der Waals surface area contributed by atoms with Crippen LogP contribution in [0, 0.1) is 0 Å². The summed E-state index contributed by atoms with van der Waals surface area (Å²) in [5.41, 5.74) is -0.329. The Balaban J connectivity index is 2.60. The molecule has 2 rings (SSSR count). The molecular formula is C19H23N3O6. The zero-order valence-corrected chi connectivity index (χ0v) is 16.0. The fourth-order valence-electron chi connectivity index (χ4n) is 2.98. The van der Waals surface area contributed by atoms with Gasteiger partial charge in [0, 0.05) is 30.4 Å². The maximum Gasteiger partial charge on any atom is 0.344 e. The normalized spacial score (nSPS) is 11.0. The SMILES string of the molecule is CCOC(=O)C(Cc1c[nH]c2cccc(NC(C)=O)c12)(NC=O)C(=O)OCC. The number of H-pyrrole nitrogens is 1. The lowest BCUT2D eigenvalue weighted by atomic mass is 9.90. The molecule has 0 bridgehead atoms. The second kappa shape index (κ2) is 9.03. The number of carbonyl (C=O) groups is 4. The van der Waals surface area contributed by atoms with E-state index < -0.39 is 17.5 Å². The molecule has 0 saturated carbocycles. The molecule has 1 aromatic heterocycles. The van der Waals surface area contributed by atoms with E-state index in [-0.39, 0.29) is 32.0 Å². The summed E-state index contributed by atoms with van der Waals surface area (Å²) in [7, 11) is 0. The number of esters is 2. The Hall–Kier alpha value is -3.36. The van der Waals surface area contributed by atoms with Crippen LogP contribution in [0.25, 0.3) is 10.9 Å². The van der Waals surface area contributed by atoms with E-state index in [1.807, 2.05) is 0 Å². The zero-order chi connectivity index (χ0) is 20.7. The van der Waals surface area contributed by atoms with Gasteiger partial charge in [-0.05, 0) is 31.5 Å². The number of aromatic nitrogens is 1. The van der Waals surface area contributed by atoms with Crippen LogP contribution in [-0.4, -0.2) is 48.0 Å². The van der Waals surface area contributed by atoms with Gasteiger partial charge in [0.25, 0.3) is 0 Å². The molecule has 0 fully saturated rings. The van der Waals surface area contributed by atoms with E-state index in [2.05, 4.69) is 15.6 Å². The second-order valence-corrected chi connectivity index (χ2v) is 6.01. The fourth-order valence-corrected chi connectivity index (χ4v) is 2.98. The first-order chi connectivity index (χ1) is 13.4. The third kappa shape index (κ3) is 4.13. The predicted octanol–water partition coefficient (Wildman–Crippen LogP) is 1.28. The first kappa shape index (κ1) is 20.9. The molecule has 0 saturated heterocycles. The first-order valence-electron chi connectivity index (χ1n) is 8.82. The fraction of sp³-hybridized carbons (Fsp3) is 0.368. The van der Waals surface area contributed by atoms with Crippen LogP contribution in [-0.2, 0) is 35.1 Å². The number of aromatic amines is 1. The topological polar surface area (TPSA) is 127 Å². The van der Waals surface area contributed by atoms with Crippen molar-refractivity contribution in [3.05, 3.63) is 30.0 Å². The average molecular weight is 389 g/mol. The van der Waals surface area contributed by atoms with Gasteiger partial charge in [0.1, 0.15) is 0 Å². The Bertz CT molecular complexity index is 871. The number of hydrogen-bond acceptors (Lipinski definition) is 6. The Morgan fingerprint density at radius 3 is 2.32 bits per heavy atom. The van der Waals surface area contributed by atoms with Crippen molar-refractivity contribution < 1.29 is 28.7 Å². The summed E-state index contributed by atoms with van der Waals surface area (Å²) in [4.78, 5) is 51.2. The highest BCUT2D eigenvalue weighted by Gasteiger charge is 2.49. The number of hydrogen-bond donors (Lipinski definition) is 3. The number of anilines is 1. The maximum atomic E-state index is 12.7. The van der Waals surface area contributed by atoms with Gasteiger partial charge in [0.15, 0.2) is 0 Å². The van der Waals surface area contributed by atoms with Gasteiger partial charge < -0.3 is 25.1 Å². The van der Waals surface area contributed by atoms with E-state index in [9.17, 15) is 19.2 Å². The van der Waals surface area contributed by atoms with Crippen molar-refractivity contribution in [2.75, 3.05) is 18.5 Å². The number of benzene rings is 1. The lowest BCUT2D eigenvalue weighted by Crippen LogP contribution is -2.60. The van der Waals surface area contributed by atoms with E-state index >= 15 is 0 Å². The van der Waals surface area contributed by atoms with E-state index in [1.54, 1.807) is 38.2 Å². The summed E-state index contributed by atoms with van der Waals surface area (Å²) in [5.74, 6) is -2.12. The van der Waals surface area contributed by atoms with Crippen LogP contribution in [0.2, 0.25) is 0 Å². The highest BCUT2D eigenvalue weighted by molar-refractivity contribution is 6.08. The molecule has 0 spiro atoms. The standard InChI is InChI=1S/C19H23N3O6/c1-4-27-17(25)19(21-11-23,18(26)28-5-2)9-13-10-20-14-7-6-8-15(16(13)14)22-12(3)24/h6-8,10-11,20H,4-5,9H2,1-3H3,(H,21,23)(H,22,24). The Kier molecular flexibility index (Phi) is 6.75. The number of amides is 2. The molecule has 0 unspecified atom stereocenters. The molecule has 9 heteroatoms. The molecular weight excluding hydrogens is 366 g/mol. The molecule has 28 heavy (non-hydrogen) atoms. The second-order valence-electron chi connectivity index (χ2n) is 6.01. The lowest BCUT2D eigenvalue weighted by molar-refractivity contribution is -0.167. The quantitative estimate of drug-likeness (QED) is 0.337. The van der Waals surface area contributed by atoms with Crippen LogP contribution < -0.4 is 10.6 Å². The lowest BCUT2D eigenvalue weighted by Gasteiger charge is -2.28. The van der Waals surface area contributed by atoms with E-state index in [1.165, 1.54) is 6.92 Å². The van der Waals surface area contributed by atoms with Gasteiger partial charge in [-0.3, -0.25) is 9.59 Å². The zero-order valence-electron chi connectivity index (χ0n) is 16.0. The van der Waals surface area contributed by atoms with Gasteiger partial charge >= 0.3 is 11.9 Å². The molecule has 1 aromatic carbocycles. The number of rotatable bonds is 9. The summed E-state index contributed by atoms with van der Waals surface area (Å²) < 4.78 is 10.1. The van der Waals surface area contributed by atoms with Crippen molar-refractivity contribution in [3.63, 3.8) is 0 Å². The predicted molar refractivity (Wildman–Crippen MR) is 102 cm³/mol. The van der Waals surface area contributed by atoms with Crippen molar-refractivity contribution in [3.8, 4) is 0 Å². The van der Waals surface area contributed by atoms with Crippen LogP contribution in [0.15, 0.2) is 24.4 Å². The number of carbonyl (C=O) groups excluding carboxylic acids is 4. The average Bonchev–Trinajstić information content (AvgIpc) is 3.05. The molecule has 9 nitrogen and oxygen atoms in total. The van der Waals surface area contributed by atoms with Crippen LogP contribution >= 0.6 is 0 Å². The number of nitrogens with one attached hydrogen (secondary N) is 3. The smallest absolute Gasteiger partial charge is 0.344 e. The Morgan fingerprint density at radius 1 is 1.14 bits per heavy atom. The summed E-state index contributed by atoms with van der Waals surface area (Å²) in [6.07, 6.45) is 1.65. The van der Waals surface area contributed by atoms with Gasteiger partial charge in [-0.25, -0.2) is 9.59 Å². The third-order valence-electron chi connectivity index (χ3n) is 4.11. The Labute approximate surface area is 161 Å². The van der Waals surface area contributed by atoms with Crippen LogP contribution in [0.4, 0.5) is 5.69 Å². The van der Waals surface area contributed by atoms with E-state index in [0.717, 1.165) is 0 Å². The van der Waals surface area contributed by atoms with Crippen molar-refractivity contribution >= 4 is 40.8 Å².